The van der Waals surface area contributed by atoms with Crippen molar-refractivity contribution in [3.63, 3.8) is 0 Å². The number of carbonyl (C=O) groups is 2. The van der Waals surface area contributed by atoms with E-state index in [2.05, 4.69) is 11.0 Å². The van der Waals surface area contributed by atoms with Gasteiger partial charge in [0, 0.05) is 52.5 Å². The molecule has 3 aliphatic heterocycles. The van der Waals surface area contributed by atoms with E-state index >= 15 is 0 Å². The Morgan fingerprint density at radius 2 is 2.08 bits per heavy atom. The van der Waals surface area contributed by atoms with Gasteiger partial charge in [0.15, 0.2) is 0 Å². The molecular weight excluding hydrogens is 330 g/mol. The molecule has 4 heterocycles. The number of carbonyl (C=O) groups excluding carboxylic acids is 2. The van der Waals surface area contributed by atoms with Crippen LogP contribution in [0.1, 0.15) is 29.8 Å². The monoisotopic (exact) mass is 357 g/mol. The average molecular weight is 357 g/mol. The Kier molecular flexibility index (Phi) is 5.05. The molecular formula is C19H27N5O2. The molecule has 2 atom stereocenters. The lowest BCUT2D eigenvalue weighted by molar-refractivity contribution is -0.145. The van der Waals surface area contributed by atoms with Crippen molar-refractivity contribution < 1.29 is 9.59 Å². The lowest BCUT2D eigenvalue weighted by Gasteiger charge is -2.36. The van der Waals surface area contributed by atoms with E-state index in [1.165, 1.54) is 0 Å². The third kappa shape index (κ3) is 3.34. The maximum absolute atomic E-state index is 12.8. The van der Waals surface area contributed by atoms with E-state index in [4.69, 9.17) is 0 Å². The quantitative estimate of drug-likeness (QED) is 0.796. The third-order valence-electron chi connectivity index (χ3n) is 5.82. The van der Waals surface area contributed by atoms with E-state index in [0.29, 0.717) is 5.69 Å². The lowest BCUT2D eigenvalue weighted by Crippen LogP contribution is -2.51. The second-order valence-corrected chi connectivity index (χ2v) is 7.69. The summed E-state index contributed by atoms with van der Waals surface area (Å²) in [7, 11) is 5.35. The molecule has 140 valence electrons. The fourth-order valence-electron chi connectivity index (χ4n) is 4.02. The number of piperidine rings is 1. The molecule has 3 aliphatic rings. The molecule has 1 aromatic heterocycles. The molecule has 1 aromatic rings. The maximum atomic E-state index is 12.8. The molecule has 0 N–H and O–H groups in total. The summed E-state index contributed by atoms with van der Waals surface area (Å²) in [5.74, 6) is 0.0413. The smallest absolute Gasteiger partial charge is 0.241 e. The summed E-state index contributed by atoms with van der Waals surface area (Å²) in [6, 6.07) is 4.25. The van der Waals surface area contributed by atoms with E-state index in [1.807, 2.05) is 24.6 Å². The van der Waals surface area contributed by atoms with Gasteiger partial charge in [-0.1, -0.05) is 0 Å². The highest BCUT2D eigenvalue weighted by Gasteiger charge is 2.41. The minimum Gasteiger partial charge on any atom is -0.347 e. The predicted molar refractivity (Wildman–Crippen MR) is 97.1 cm³/mol. The summed E-state index contributed by atoms with van der Waals surface area (Å²) in [5, 5.41) is 9.23. The molecule has 4 rings (SSSR count). The van der Waals surface area contributed by atoms with E-state index in [-0.39, 0.29) is 30.3 Å². The fourth-order valence-corrected chi connectivity index (χ4v) is 4.02. The third-order valence-corrected chi connectivity index (χ3v) is 5.82. The molecule has 7 heteroatoms. The SMILES string of the molecule is Cc1c(CN2C[C@H]3CC[C@@H](C2)N(CC(=O)N(C)C)C3=O)cc(C#N)n1C. The molecule has 0 unspecified atom stereocenters. The van der Waals surface area contributed by atoms with Crippen LogP contribution in [0, 0.1) is 24.2 Å². The molecule has 0 aromatic carbocycles. The van der Waals surface area contributed by atoms with Gasteiger partial charge in [-0.15, -0.1) is 0 Å². The van der Waals surface area contributed by atoms with Crippen LogP contribution in [0.25, 0.3) is 0 Å². The molecule has 0 spiro atoms. The Morgan fingerprint density at radius 3 is 2.69 bits per heavy atom. The van der Waals surface area contributed by atoms with Crippen molar-refractivity contribution in [1.82, 2.24) is 19.3 Å². The summed E-state index contributed by atoms with van der Waals surface area (Å²) in [4.78, 5) is 30.6. The van der Waals surface area contributed by atoms with E-state index < -0.39 is 0 Å². The second kappa shape index (κ2) is 7.12. The Hall–Kier alpha value is -2.33. The van der Waals surface area contributed by atoms with Crippen molar-refractivity contribution in [2.75, 3.05) is 33.7 Å². The molecule has 26 heavy (non-hydrogen) atoms. The van der Waals surface area contributed by atoms with Gasteiger partial charge in [-0.25, -0.2) is 0 Å². The van der Waals surface area contributed by atoms with Crippen LogP contribution in [-0.2, 0) is 23.2 Å². The topological polar surface area (TPSA) is 72.6 Å². The van der Waals surface area contributed by atoms with Crippen molar-refractivity contribution in [1.29, 1.82) is 5.26 Å². The Morgan fingerprint density at radius 1 is 1.35 bits per heavy atom. The van der Waals surface area contributed by atoms with Gasteiger partial charge in [-0.3, -0.25) is 14.5 Å². The minimum atomic E-state index is -0.0387. The highest BCUT2D eigenvalue weighted by atomic mass is 16.2. The van der Waals surface area contributed by atoms with Gasteiger partial charge in [-0.05, 0) is 31.4 Å². The number of nitrogens with zero attached hydrogens (tertiary/aromatic N) is 5. The summed E-state index contributed by atoms with van der Waals surface area (Å²) in [6.45, 7) is 4.42. The summed E-state index contributed by atoms with van der Waals surface area (Å²) in [6.07, 6.45) is 1.84. The molecule has 0 aliphatic carbocycles. The Balaban J connectivity index is 1.76. The van der Waals surface area contributed by atoms with E-state index in [1.54, 1.807) is 23.9 Å². The maximum Gasteiger partial charge on any atom is 0.241 e. The highest BCUT2D eigenvalue weighted by Crippen LogP contribution is 2.30. The van der Waals surface area contributed by atoms with Crippen LogP contribution in [0.15, 0.2) is 6.07 Å². The van der Waals surface area contributed by atoms with Gasteiger partial charge in [0.1, 0.15) is 18.3 Å². The van der Waals surface area contributed by atoms with Gasteiger partial charge >= 0.3 is 0 Å². The standard InChI is InChI=1S/C19H27N5O2/c1-13-15(7-17(8-20)22(13)4)10-23-9-14-5-6-16(11-23)24(19(14)26)12-18(25)21(2)3/h7,14,16H,5-6,9-12H2,1-4H3/t14-,16+/m1/s1. The summed E-state index contributed by atoms with van der Waals surface area (Å²) < 4.78 is 1.91. The zero-order valence-corrected chi connectivity index (χ0v) is 16.0. The van der Waals surface area contributed by atoms with Crippen LogP contribution in [0.2, 0.25) is 0 Å². The number of likely N-dealkylation sites (N-methyl/N-ethyl adjacent to an activating group) is 1. The number of hydrogen-bond acceptors (Lipinski definition) is 4. The first-order valence-corrected chi connectivity index (χ1v) is 9.10. The summed E-state index contributed by atoms with van der Waals surface area (Å²) in [5.41, 5.74) is 2.88. The number of aromatic nitrogens is 1. The molecule has 0 radical (unpaired) electrons. The van der Waals surface area contributed by atoms with Crippen LogP contribution >= 0.6 is 0 Å². The number of amides is 2. The molecule has 2 bridgehead atoms. The molecule has 3 fully saturated rings. The Labute approximate surface area is 154 Å². The van der Waals surface area contributed by atoms with Gasteiger partial charge in [0.25, 0.3) is 0 Å². The van der Waals surface area contributed by atoms with Crippen LogP contribution < -0.4 is 0 Å². The van der Waals surface area contributed by atoms with Gasteiger partial charge < -0.3 is 14.4 Å². The first-order chi connectivity index (χ1) is 12.3. The zero-order chi connectivity index (χ0) is 19.0. The van der Waals surface area contributed by atoms with Crippen molar-refractivity contribution in [2.24, 2.45) is 13.0 Å². The second-order valence-electron chi connectivity index (χ2n) is 7.69. The number of rotatable bonds is 4. The molecule has 2 amide bonds. The zero-order valence-electron chi connectivity index (χ0n) is 16.0. The Bertz CT molecular complexity index is 761. The van der Waals surface area contributed by atoms with Crippen molar-refractivity contribution in [3.8, 4) is 6.07 Å². The van der Waals surface area contributed by atoms with Crippen LogP contribution in [-0.4, -0.2) is 70.9 Å². The predicted octanol–water partition coefficient (Wildman–Crippen LogP) is 0.716. The minimum absolute atomic E-state index is 0.0324. The average Bonchev–Trinajstić information content (AvgIpc) is 2.76. The van der Waals surface area contributed by atoms with Gasteiger partial charge in [0.05, 0.1) is 5.92 Å². The highest BCUT2D eigenvalue weighted by molar-refractivity contribution is 5.86. The van der Waals surface area contributed by atoms with Crippen molar-refractivity contribution in [2.45, 2.75) is 32.4 Å². The molecule has 3 saturated heterocycles. The van der Waals surface area contributed by atoms with Crippen molar-refractivity contribution >= 4 is 11.8 Å². The lowest BCUT2D eigenvalue weighted by atomic mass is 9.94. The fraction of sp³-hybridized carbons (Fsp3) is 0.632. The number of fused-ring (bicyclic) bond motifs is 4. The summed E-state index contributed by atoms with van der Waals surface area (Å²) >= 11 is 0. The van der Waals surface area contributed by atoms with E-state index in [0.717, 1.165) is 43.7 Å². The first-order valence-electron chi connectivity index (χ1n) is 9.10. The molecule has 7 nitrogen and oxygen atoms in total. The number of hydrogen-bond donors (Lipinski definition) is 0. The van der Waals surface area contributed by atoms with Gasteiger partial charge in [-0.2, -0.15) is 5.26 Å². The van der Waals surface area contributed by atoms with Crippen LogP contribution in [0.4, 0.5) is 0 Å². The number of nitriles is 1. The van der Waals surface area contributed by atoms with E-state index in [9.17, 15) is 14.9 Å². The largest absolute Gasteiger partial charge is 0.347 e. The van der Waals surface area contributed by atoms with Gasteiger partial charge in [0.2, 0.25) is 11.8 Å². The van der Waals surface area contributed by atoms with Crippen LogP contribution in [0.5, 0.6) is 0 Å². The normalized spacial score (nSPS) is 23.0. The molecule has 0 saturated carbocycles. The van der Waals surface area contributed by atoms with Crippen LogP contribution in [0.3, 0.4) is 0 Å². The first kappa shape index (κ1) is 18.5. The van der Waals surface area contributed by atoms with Crippen molar-refractivity contribution in [3.05, 3.63) is 23.0 Å².